The lowest BCUT2D eigenvalue weighted by Gasteiger charge is -2.35. The van der Waals surface area contributed by atoms with Crippen molar-refractivity contribution in [2.75, 3.05) is 20.3 Å². The van der Waals surface area contributed by atoms with Gasteiger partial charge in [0.15, 0.2) is 0 Å². The van der Waals surface area contributed by atoms with Crippen molar-refractivity contribution < 1.29 is 23.9 Å². The van der Waals surface area contributed by atoms with Crippen LogP contribution in [0.1, 0.15) is 81.5 Å². The van der Waals surface area contributed by atoms with E-state index >= 15 is 0 Å². The van der Waals surface area contributed by atoms with Crippen molar-refractivity contribution in [1.82, 2.24) is 15.2 Å². The van der Waals surface area contributed by atoms with Gasteiger partial charge in [-0.1, -0.05) is 77.6 Å². The van der Waals surface area contributed by atoms with Crippen LogP contribution < -0.4 is 11.1 Å². The lowest BCUT2D eigenvalue weighted by atomic mass is 9.94. The molecule has 0 aliphatic rings. The van der Waals surface area contributed by atoms with Gasteiger partial charge >= 0.3 is 5.97 Å². The van der Waals surface area contributed by atoms with Crippen molar-refractivity contribution in [3.63, 3.8) is 0 Å². The van der Waals surface area contributed by atoms with Crippen molar-refractivity contribution in [2.24, 2.45) is 23.5 Å². The first kappa shape index (κ1) is 36.1. The SMILES string of the molecule is C=CCOC(=O)[C@@H](C)C[C@H](Cc1ccccc1)NC(=O)c1csc([C@@H](C[C@H](C(C)C)N(C)C(=O)[C@@H](N)C(C)C)OCC)n1. The number of nitrogens with one attached hydrogen (secondary N) is 1. The lowest BCUT2D eigenvalue weighted by molar-refractivity contribution is -0.147. The number of nitrogens with zero attached hydrogens (tertiary/aromatic N) is 2. The van der Waals surface area contributed by atoms with E-state index in [0.29, 0.717) is 30.9 Å². The number of likely N-dealkylation sites (N-methyl/N-ethyl adjacent to an activating group) is 1. The van der Waals surface area contributed by atoms with Gasteiger partial charge in [0.05, 0.1) is 12.0 Å². The first-order valence-electron chi connectivity index (χ1n) is 15.1. The molecule has 2 aromatic rings. The summed E-state index contributed by atoms with van der Waals surface area (Å²) in [6.07, 6.45) is 2.62. The van der Waals surface area contributed by atoms with Crippen molar-refractivity contribution in [1.29, 1.82) is 0 Å². The van der Waals surface area contributed by atoms with Crippen molar-refractivity contribution in [3.8, 4) is 0 Å². The van der Waals surface area contributed by atoms with Gasteiger partial charge in [-0.2, -0.15) is 0 Å². The summed E-state index contributed by atoms with van der Waals surface area (Å²) >= 11 is 1.36. The lowest BCUT2D eigenvalue weighted by Crippen LogP contribution is -2.50. The number of carbonyl (C=O) groups is 3. The van der Waals surface area contributed by atoms with Crippen LogP contribution in [0.15, 0.2) is 48.4 Å². The summed E-state index contributed by atoms with van der Waals surface area (Å²) in [5.74, 6) is -0.995. The number of carbonyl (C=O) groups excluding carboxylic acids is 3. The van der Waals surface area contributed by atoms with Gasteiger partial charge in [-0.3, -0.25) is 14.4 Å². The number of hydrogen-bond acceptors (Lipinski definition) is 8. The van der Waals surface area contributed by atoms with Gasteiger partial charge in [0.25, 0.3) is 5.91 Å². The van der Waals surface area contributed by atoms with Gasteiger partial charge < -0.3 is 25.4 Å². The Hall–Kier alpha value is -3.08. The maximum absolute atomic E-state index is 13.4. The van der Waals surface area contributed by atoms with E-state index in [1.165, 1.54) is 17.4 Å². The molecule has 2 amide bonds. The number of aromatic nitrogens is 1. The Labute approximate surface area is 261 Å². The smallest absolute Gasteiger partial charge is 0.309 e. The minimum atomic E-state index is -0.581. The third kappa shape index (κ3) is 11.2. The molecule has 0 radical (unpaired) electrons. The van der Waals surface area contributed by atoms with Gasteiger partial charge in [-0.25, -0.2) is 4.98 Å². The van der Waals surface area contributed by atoms with Gasteiger partial charge in [-0.15, -0.1) is 11.3 Å². The van der Waals surface area contributed by atoms with Crippen LogP contribution in [-0.2, 0) is 25.5 Å². The van der Waals surface area contributed by atoms with Crippen LogP contribution in [-0.4, -0.2) is 66.1 Å². The Morgan fingerprint density at radius 3 is 2.35 bits per heavy atom. The van der Waals surface area contributed by atoms with E-state index in [0.717, 1.165) is 5.56 Å². The third-order valence-electron chi connectivity index (χ3n) is 7.52. The normalized spacial score (nSPS) is 14.9. The second kappa shape index (κ2) is 17.9. The molecule has 0 bridgehead atoms. The minimum absolute atomic E-state index is 0.0250. The second-order valence-electron chi connectivity index (χ2n) is 11.7. The monoisotopic (exact) mass is 614 g/mol. The minimum Gasteiger partial charge on any atom is -0.461 e. The average Bonchev–Trinajstić information content (AvgIpc) is 3.47. The molecule has 0 aliphatic carbocycles. The molecular formula is C33H50N4O5S. The topological polar surface area (TPSA) is 124 Å². The molecule has 238 valence electrons. The van der Waals surface area contributed by atoms with E-state index in [1.54, 1.807) is 24.3 Å². The molecule has 0 aliphatic heterocycles. The predicted molar refractivity (Wildman–Crippen MR) is 172 cm³/mol. The number of ether oxygens (including phenoxy) is 2. The summed E-state index contributed by atoms with van der Waals surface area (Å²) in [5.41, 5.74) is 7.52. The fourth-order valence-electron chi connectivity index (χ4n) is 4.92. The zero-order valence-corrected chi connectivity index (χ0v) is 27.6. The third-order valence-corrected chi connectivity index (χ3v) is 8.45. The highest BCUT2D eigenvalue weighted by Crippen LogP contribution is 2.30. The number of amides is 2. The zero-order valence-electron chi connectivity index (χ0n) is 26.7. The number of thiazole rings is 1. The summed E-state index contributed by atoms with van der Waals surface area (Å²) < 4.78 is 11.3. The largest absolute Gasteiger partial charge is 0.461 e. The Kier molecular flexibility index (Phi) is 15.0. The summed E-state index contributed by atoms with van der Waals surface area (Å²) in [4.78, 5) is 45.3. The molecule has 3 N–H and O–H groups in total. The van der Waals surface area contributed by atoms with Crippen LogP contribution in [0, 0.1) is 17.8 Å². The molecule has 0 fully saturated rings. The Morgan fingerprint density at radius 2 is 1.77 bits per heavy atom. The zero-order chi connectivity index (χ0) is 32.1. The van der Waals surface area contributed by atoms with E-state index in [2.05, 4.69) is 30.7 Å². The standard InChI is InChI=1S/C33H50N4O5S/c1-9-16-42-33(40)23(7)17-25(18-24-14-12-11-13-15-24)35-30(38)26-20-43-31(36-26)28(41-10-2)19-27(21(3)4)37(8)32(39)29(34)22(5)6/h9,11-15,20-23,25,27-29H,1,10,16-19,34H2,2-8H3,(H,35,38)/t23-,25+,27+,28+,29-/m0/s1. The fraction of sp³-hybridized carbons (Fsp3) is 0.576. The summed E-state index contributed by atoms with van der Waals surface area (Å²) in [7, 11) is 1.79. The summed E-state index contributed by atoms with van der Waals surface area (Å²) in [6, 6.07) is 8.79. The summed E-state index contributed by atoms with van der Waals surface area (Å²) in [5, 5.41) is 5.49. The van der Waals surface area contributed by atoms with E-state index < -0.39 is 18.1 Å². The van der Waals surface area contributed by atoms with Crippen molar-refractivity contribution in [2.45, 2.75) is 85.0 Å². The Balaban J connectivity index is 2.22. The number of nitrogens with two attached hydrogens (primary N) is 1. The maximum Gasteiger partial charge on any atom is 0.309 e. The quantitative estimate of drug-likeness (QED) is 0.175. The van der Waals surface area contributed by atoms with Crippen LogP contribution in [0.2, 0.25) is 0 Å². The molecule has 10 heteroatoms. The van der Waals surface area contributed by atoms with Crippen LogP contribution in [0.4, 0.5) is 0 Å². The molecule has 43 heavy (non-hydrogen) atoms. The van der Waals surface area contributed by atoms with Crippen LogP contribution in [0.25, 0.3) is 0 Å². The van der Waals surface area contributed by atoms with Crippen LogP contribution >= 0.6 is 11.3 Å². The molecule has 5 atom stereocenters. The average molecular weight is 615 g/mol. The molecule has 1 heterocycles. The highest BCUT2D eigenvalue weighted by Gasteiger charge is 2.32. The Morgan fingerprint density at radius 1 is 1.09 bits per heavy atom. The van der Waals surface area contributed by atoms with E-state index in [-0.39, 0.29) is 54.0 Å². The summed E-state index contributed by atoms with van der Waals surface area (Å²) in [6.45, 7) is 15.9. The van der Waals surface area contributed by atoms with Gasteiger partial charge in [0.2, 0.25) is 5.91 Å². The first-order valence-corrected chi connectivity index (χ1v) is 16.0. The highest BCUT2D eigenvalue weighted by molar-refractivity contribution is 7.09. The molecule has 0 saturated carbocycles. The number of rotatable bonds is 18. The number of hydrogen-bond donors (Lipinski definition) is 2. The van der Waals surface area contributed by atoms with Gasteiger partial charge in [0, 0.05) is 37.5 Å². The number of benzene rings is 1. The van der Waals surface area contributed by atoms with E-state index in [1.807, 2.05) is 51.1 Å². The van der Waals surface area contributed by atoms with Gasteiger partial charge in [0.1, 0.15) is 23.4 Å². The van der Waals surface area contributed by atoms with Gasteiger partial charge in [-0.05, 0) is 37.2 Å². The second-order valence-corrected chi connectivity index (χ2v) is 12.6. The van der Waals surface area contributed by atoms with E-state index in [4.69, 9.17) is 15.2 Å². The predicted octanol–water partition coefficient (Wildman–Crippen LogP) is 5.17. The highest BCUT2D eigenvalue weighted by atomic mass is 32.1. The molecule has 0 saturated heterocycles. The molecule has 0 unspecified atom stereocenters. The molecule has 1 aromatic heterocycles. The molecule has 1 aromatic carbocycles. The first-order chi connectivity index (χ1) is 20.4. The molecule has 2 rings (SSSR count). The van der Waals surface area contributed by atoms with Crippen LogP contribution in [0.3, 0.4) is 0 Å². The Bertz CT molecular complexity index is 1170. The van der Waals surface area contributed by atoms with Crippen molar-refractivity contribution in [3.05, 3.63) is 64.6 Å². The fourth-order valence-corrected chi connectivity index (χ4v) is 5.78. The molecular weight excluding hydrogens is 564 g/mol. The molecule has 0 spiro atoms. The van der Waals surface area contributed by atoms with Crippen molar-refractivity contribution >= 4 is 29.1 Å². The number of esters is 1. The van der Waals surface area contributed by atoms with E-state index in [9.17, 15) is 14.4 Å². The van der Waals surface area contributed by atoms with Crippen LogP contribution in [0.5, 0.6) is 0 Å². The molecule has 9 nitrogen and oxygen atoms in total. The maximum atomic E-state index is 13.4.